The lowest BCUT2D eigenvalue weighted by atomic mass is 9.82. The quantitative estimate of drug-likeness (QED) is 0.741. The van der Waals surface area contributed by atoms with Crippen LogP contribution in [0.1, 0.15) is 40.0 Å². The van der Waals surface area contributed by atoms with Gasteiger partial charge in [0.05, 0.1) is 0 Å². The first-order valence-corrected chi connectivity index (χ1v) is 6.12. The molecule has 0 radical (unpaired) electrons. The zero-order valence-electron chi connectivity index (χ0n) is 9.84. The molecule has 0 aromatic heterocycles. The lowest BCUT2D eigenvalue weighted by Gasteiger charge is -2.51. The molecule has 0 aromatic carbocycles. The Labute approximate surface area is 88.1 Å². The number of fused-ring (bicyclic) bond motifs is 1. The fraction of sp³-hybridized carbons (Fsp3) is 1.00. The van der Waals surface area contributed by atoms with E-state index in [9.17, 15) is 0 Å². The first kappa shape index (κ1) is 10.4. The number of rotatable bonds is 3. The van der Waals surface area contributed by atoms with Crippen LogP contribution in [0.4, 0.5) is 0 Å². The van der Waals surface area contributed by atoms with Crippen LogP contribution in [0, 0.1) is 5.92 Å². The predicted octanol–water partition coefficient (Wildman–Crippen LogP) is 1.86. The molecule has 0 saturated carbocycles. The van der Waals surface area contributed by atoms with E-state index in [-0.39, 0.29) is 0 Å². The smallest absolute Gasteiger partial charge is 0.0236 e. The molecule has 0 aromatic rings. The molecule has 2 saturated heterocycles. The number of piperidine rings is 1. The topological polar surface area (TPSA) is 15.3 Å². The van der Waals surface area contributed by atoms with Gasteiger partial charge in [-0.2, -0.15) is 0 Å². The number of likely N-dealkylation sites (tertiary alicyclic amines) is 1. The summed E-state index contributed by atoms with van der Waals surface area (Å²) < 4.78 is 0. The molecule has 82 valence electrons. The van der Waals surface area contributed by atoms with Gasteiger partial charge in [0.25, 0.3) is 0 Å². The van der Waals surface area contributed by atoms with Crippen molar-refractivity contribution in [1.29, 1.82) is 0 Å². The van der Waals surface area contributed by atoms with Gasteiger partial charge < -0.3 is 5.32 Å². The highest BCUT2D eigenvalue weighted by atomic mass is 15.2. The SMILES string of the molecule is CCCC(C)(C)N1CCC2CNC2C1. The van der Waals surface area contributed by atoms with Crippen LogP contribution in [0.5, 0.6) is 0 Å². The molecule has 2 atom stereocenters. The van der Waals surface area contributed by atoms with Crippen molar-refractivity contribution >= 4 is 0 Å². The van der Waals surface area contributed by atoms with E-state index in [4.69, 9.17) is 0 Å². The molecule has 0 spiro atoms. The molecule has 0 bridgehead atoms. The highest BCUT2D eigenvalue weighted by Crippen LogP contribution is 2.30. The maximum absolute atomic E-state index is 3.55. The van der Waals surface area contributed by atoms with E-state index < -0.39 is 0 Å². The first-order chi connectivity index (χ1) is 6.63. The number of hydrogen-bond donors (Lipinski definition) is 1. The van der Waals surface area contributed by atoms with E-state index in [1.807, 2.05) is 0 Å². The van der Waals surface area contributed by atoms with Gasteiger partial charge in [-0.05, 0) is 45.7 Å². The number of nitrogens with zero attached hydrogens (tertiary/aromatic N) is 1. The Kier molecular flexibility index (Phi) is 2.85. The van der Waals surface area contributed by atoms with Crippen LogP contribution >= 0.6 is 0 Å². The van der Waals surface area contributed by atoms with E-state index >= 15 is 0 Å². The van der Waals surface area contributed by atoms with Crippen LogP contribution in [-0.4, -0.2) is 36.1 Å². The van der Waals surface area contributed by atoms with Gasteiger partial charge in [-0.3, -0.25) is 4.90 Å². The summed E-state index contributed by atoms with van der Waals surface area (Å²) in [7, 11) is 0. The zero-order valence-corrected chi connectivity index (χ0v) is 9.84. The molecule has 1 N–H and O–H groups in total. The van der Waals surface area contributed by atoms with Crippen molar-refractivity contribution in [3.63, 3.8) is 0 Å². The van der Waals surface area contributed by atoms with E-state index in [0.717, 1.165) is 12.0 Å². The van der Waals surface area contributed by atoms with Crippen molar-refractivity contribution in [2.45, 2.75) is 51.6 Å². The fourth-order valence-electron chi connectivity index (χ4n) is 2.94. The second kappa shape index (κ2) is 3.82. The van der Waals surface area contributed by atoms with Crippen molar-refractivity contribution in [1.82, 2.24) is 10.2 Å². The Morgan fingerprint density at radius 3 is 2.71 bits per heavy atom. The maximum Gasteiger partial charge on any atom is 0.0236 e. The summed E-state index contributed by atoms with van der Waals surface area (Å²) in [6, 6.07) is 0.805. The molecule has 2 unspecified atom stereocenters. The monoisotopic (exact) mass is 196 g/mol. The third kappa shape index (κ3) is 1.82. The molecule has 2 heteroatoms. The normalized spacial score (nSPS) is 33.6. The molecule has 2 rings (SSSR count). The summed E-state index contributed by atoms with van der Waals surface area (Å²) in [5.74, 6) is 0.990. The summed E-state index contributed by atoms with van der Waals surface area (Å²) in [6.45, 7) is 10.9. The summed E-state index contributed by atoms with van der Waals surface area (Å²) in [4.78, 5) is 2.68. The van der Waals surface area contributed by atoms with Crippen molar-refractivity contribution in [2.75, 3.05) is 19.6 Å². The lowest BCUT2D eigenvalue weighted by molar-refractivity contribution is 0.0165. The van der Waals surface area contributed by atoms with E-state index in [2.05, 4.69) is 31.0 Å². The Bertz CT molecular complexity index is 200. The first-order valence-electron chi connectivity index (χ1n) is 6.12. The molecule has 2 heterocycles. The third-order valence-electron chi connectivity index (χ3n) is 4.12. The Balaban J connectivity index is 1.91. The van der Waals surface area contributed by atoms with Gasteiger partial charge in [0.1, 0.15) is 0 Å². The van der Waals surface area contributed by atoms with Crippen molar-refractivity contribution in [3.8, 4) is 0 Å². The van der Waals surface area contributed by atoms with Gasteiger partial charge in [-0.25, -0.2) is 0 Å². The van der Waals surface area contributed by atoms with Gasteiger partial charge in [-0.1, -0.05) is 13.3 Å². The molecule has 2 aliphatic heterocycles. The van der Waals surface area contributed by atoms with Crippen LogP contribution in [0.25, 0.3) is 0 Å². The minimum atomic E-state index is 0.414. The zero-order chi connectivity index (χ0) is 10.2. The average molecular weight is 196 g/mol. The molecular weight excluding hydrogens is 172 g/mol. The van der Waals surface area contributed by atoms with Crippen molar-refractivity contribution in [3.05, 3.63) is 0 Å². The van der Waals surface area contributed by atoms with Crippen LogP contribution in [0.15, 0.2) is 0 Å². The Morgan fingerprint density at radius 1 is 1.43 bits per heavy atom. The second-order valence-electron chi connectivity index (χ2n) is 5.57. The van der Waals surface area contributed by atoms with Gasteiger partial charge in [0.15, 0.2) is 0 Å². The summed E-state index contributed by atoms with van der Waals surface area (Å²) in [6.07, 6.45) is 4.03. The Hall–Kier alpha value is -0.0800. The largest absolute Gasteiger partial charge is 0.312 e. The molecular formula is C12H24N2. The molecule has 14 heavy (non-hydrogen) atoms. The van der Waals surface area contributed by atoms with Gasteiger partial charge in [0.2, 0.25) is 0 Å². The number of nitrogens with one attached hydrogen (secondary N) is 1. The van der Waals surface area contributed by atoms with E-state index in [0.29, 0.717) is 5.54 Å². The van der Waals surface area contributed by atoms with Gasteiger partial charge in [0, 0.05) is 18.1 Å². The fourth-order valence-corrected chi connectivity index (χ4v) is 2.94. The summed E-state index contributed by atoms with van der Waals surface area (Å²) >= 11 is 0. The van der Waals surface area contributed by atoms with Gasteiger partial charge in [-0.15, -0.1) is 0 Å². The molecule has 0 aliphatic carbocycles. The molecule has 0 amide bonds. The minimum Gasteiger partial charge on any atom is -0.312 e. The van der Waals surface area contributed by atoms with Crippen LogP contribution in [0.3, 0.4) is 0 Å². The van der Waals surface area contributed by atoms with Crippen LogP contribution in [-0.2, 0) is 0 Å². The van der Waals surface area contributed by atoms with E-state index in [1.165, 1.54) is 38.9 Å². The Morgan fingerprint density at radius 2 is 2.21 bits per heavy atom. The van der Waals surface area contributed by atoms with Crippen LogP contribution in [0.2, 0.25) is 0 Å². The summed E-state index contributed by atoms with van der Waals surface area (Å²) in [5.41, 5.74) is 0.414. The standard InChI is InChI=1S/C12H24N2/c1-4-6-12(2,3)14-7-5-10-8-13-11(10)9-14/h10-11,13H,4-9H2,1-3H3. The van der Waals surface area contributed by atoms with Gasteiger partial charge >= 0.3 is 0 Å². The highest BCUT2D eigenvalue weighted by Gasteiger charge is 2.39. The van der Waals surface area contributed by atoms with E-state index in [1.54, 1.807) is 0 Å². The van der Waals surface area contributed by atoms with Crippen molar-refractivity contribution < 1.29 is 0 Å². The number of hydrogen-bond acceptors (Lipinski definition) is 2. The maximum atomic E-state index is 3.55. The summed E-state index contributed by atoms with van der Waals surface area (Å²) in [5, 5.41) is 3.55. The highest BCUT2D eigenvalue weighted by molar-refractivity contribution is 4.97. The lowest BCUT2D eigenvalue weighted by Crippen LogP contribution is -2.65. The predicted molar refractivity (Wildman–Crippen MR) is 60.5 cm³/mol. The minimum absolute atomic E-state index is 0.414. The van der Waals surface area contributed by atoms with Crippen molar-refractivity contribution in [2.24, 2.45) is 5.92 Å². The second-order valence-corrected chi connectivity index (χ2v) is 5.57. The molecule has 2 fully saturated rings. The molecule has 2 aliphatic rings. The third-order valence-corrected chi connectivity index (χ3v) is 4.12. The molecule has 2 nitrogen and oxygen atoms in total. The van der Waals surface area contributed by atoms with Crippen LogP contribution < -0.4 is 5.32 Å². The average Bonchev–Trinajstić information content (AvgIpc) is 2.06.